The van der Waals surface area contributed by atoms with Gasteiger partial charge in [-0.05, 0) is 30.2 Å². The number of amides is 1. The average molecular weight is 408 g/mol. The van der Waals surface area contributed by atoms with Gasteiger partial charge in [0.25, 0.3) is 11.5 Å². The summed E-state index contributed by atoms with van der Waals surface area (Å²) in [7, 11) is 0. The summed E-state index contributed by atoms with van der Waals surface area (Å²) in [6, 6.07) is 12.6. The smallest absolute Gasteiger partial charge is 0.330 e. The first kappa shape index (κ1) is 20.9. The first-order chi connectivity index (χ1) is 14.5. The Labute approximate surface area is 173 Å². The molecule has 0 aliphatic heterocycles. The summed E-state index contributed by atoms with van der Waals surface area (Å²) in [5.41, 5.74) is 5.67. The quantitative estimate of drug-likeness (QED) is 0.556. The number of carbonyl (C=O) groups excluding carboxylic acids is 1. The topological polar surface area (TPSA) is 114 Å². The number of hydrogen-bond donors (Lipinski definition) is 2. The molecule has 0 aliphatic rings. The van der Waals surface area contributed by atoms with Gasteiger partial charge < -0.3 is 10.2 Å². The standard InChI is InChI=1S/C22H24N4O4/c1-2-3-13-25-20(23)19(21(28)24-22(25)29)26(15-16-8-5-4-6-9-16)18(27)12-11-17-10-7-14-30-17/h4-12,14H,2-3,13,15,23H2,1H3,(H,24,28,29). The van der Waals surface area contributed by atoms with Gasteiger partial charge in [0, 0.05) is 12.6 Å². The third-order valence-electron chi connectivity index (χ3n) is 4.60. The van der Waals surface area contributed by atoms with Gasteiger partial charge in [-0.2, -0.15) is 0 Å². The zero-order valence-corrected chi connectivity index (χ0v) is 16.7. The number of unbranched alkanes of at least 4 members (excludes halogenated alkanes) is 1. The van der Waals surface area contributed by atoms with Gasteiger partial charge in [0.1, 0.15) is 11.6 Å². The number of nitrogens with one attached hydrogen (secondary N) is 1. The Balaban J connectivity index is 2.06. The fraction of sp³-hybridized carbons (Fsp3) is 0.227. The van der Waals surface area contributed by atoms with Crippen molar-refractivity contribution < 1.29 is 9.21 Å². The van der Waals surface area contributed by atoms with E-state index in [-0.39, 0.29) is 18.1 Å². The summed E-state index contributed by atoms with van der Waals surface area (Å²) in [6.07, 6.45) is 5.87. The fourth-order valence-electron chi connectivity index (χ4n) is 3.04. The minimum absolute atomic E-state index is 0.0344. The van der Waals surface area contributed by atoms with E-state index in [0.29, 0.717) is 18.7 Å². The molecule has 0 atom stereocenters. The van der Waals surface area contributed by atoms with Gasteiger partial charge >= 0.3 is 5.69 Å². The van der Waals surface area contributed by atoms with Crippen molar-refractivity contribution in [3.63, 3.8) is 0 Å². The highest BCUT2D eigenvalue weighted by atomic mass is 16.3. The number of furan rings is 1. The number of H-pyrrole nitrogens is 1. The van der Waals surface area contributed by atoms with Gasteiger partial charge in [0.15, 0.2) is 5.69 Å². The van der Waals surface area contributed by atoms with Crippen molar-refractivity contribution in [3.05, 3.63) is 87.0 Å². The van der Waals surface area contributed by atoms with E-state index in [2.05, 4.69) is 4.98 Å². The van der Waals surface area contributed by atoms with Crippen molar-refractivity contribution in [2.24, 2.45) is 0 Å². The van der Waals surface area contributed by atoms with Crippen LogP contribution in [0, 0.1) is 0 Å². The molecule has 3 aromatic rings. The van der Waals surface area contributed by atoms with Crippen molar-refractivity contribution in [2.75, 3.05) is 10.6 Å². The van der Waals surface area contributed by atoms with E-state index < -0.39 is 17.2 Å². The number of aromatic amines is 1. The number of nitrogens with two attached hydrogens (primary N) is 1. The molecule has 0 saturated heterocycles. The first-order valence-electron chi connectivity index (χ1n) is 9.71. The van der Waals surface area contributed by atoms with Crippen molar-refractivity contribution in [1.29, 1.82) is 0 Å². The highest BCUT2D eigenvalue weighted by molar-refractivity contribution is 6.04. The van der Waals surface area contributed by atoms with Crippen LogP contribution in [0.3, 0.4) is 0 Å². The first-order valence-corrected chi connectivity index (χ1v) is 9.71. The molecule has 1 amide bonds. The molecule has 30 heavy (non-hydrogen) atoms. The average Bonchev–Trinajstić information content (AvgIpc) is 3.25. The minimum Gasteiger partial charge on any atom is -0.465 e. The summed E-state index contributed by atoms with van der Waals surface area (Å²) in [5, 5.41) is 0. The van der Waals surface area contributed by atoms with E-state index in [4.69, 9.17) is 10.2 Å². The van der Waals surface area contributed by atoms with E-state index >= 15 is 0 Å². The number of anilines is 2. The largest absolute Gasteiger partial charge is 0.465 e. The highest BCUT2D eigenvalue weighted by Crippen LogP contribution is 2.21. The maximum absolute atomic E-state index is 13.1. The van der Waals surface area contributed by atoms with Gasteiger partial charge in [-0.25, -0.2) is 4.79 Å². The third-order valence-corrected chi connectivity index (χ3v) is 4.60. The zero-order chi connectivity index (χ0) is 21.5. The molecule has 0 aliphatic carbocycles. The molecule has 0 spiro atoms. The Morgan fingerprint density at radius 1 is 1.20 bits per heavy atom. The zero-order valence-electron chi connectivity index (χ0n) is 16.7. The van der Waals surface area contributed by atoms with E-state index in [1.807, 2.05) is 37.3 Å². The van der Waals surface area contributed by atoms with Crippen molar-refractivity contribution in [1.82, 2.24) is 9.55 Å². The summed E-state index contributed by atoms with van der Waals surface area (Å²) in [5.74, 6) is -0.00108. The molecule has 0 unspecified atom stereocenters. The van der Waals surface area contributed by atoms with E-state index in [0.717, 1.165) is 12.0 Å². The lowest BCUT2D eigenvalue weighted by atomic mass is 10.2. The molecule has 0 saturated carbocycles. The lowest BCUT2D eigenvalue weighted by Gasteiger charge is -2.23. The second kappa shape index (κ2) is 9.60. The molecule has 2 aromatic heterocycles. The molecule has 0 fully saturated rings. The number of aromatic nitrogens is 2. The Bertz CT molecular complexity index is 1130. The monoisotopic (exact) mass is 408 g/mol. The number of rotatable bonds is 8. The van der Waals surface area contributed by atoms with Crippen LogP contribution in [-0.2, 0) is 17.9 Å². The molecule has 0 bridgehead atoms. The maximum Gasteiger partial charge on any atom is 0.330 e. The lowest BCUT2D eigenvalue weighted by Crippen LogP contribution is -2.40. The number of carbonyl (C=O) groups is 1. The molecule has 156 valence electrons. The van der Waals surface area contributed by atoms with Crippen LogP contribution in [0.5, 0.6) is 0 Å². The summed E-state index contributed by atoms with van der Waals surface area (Å²) in [4.78, 5) is 41.5. The SMILES string of the molecule is CCCCn1c(N)c(N(Cc2ccccc2)C(=O)C=Cc2ccco2)c(=O)[nH]c1=O. The predicted octanol–water partition coefficient (Wildman–Crippen LogP) is 2.76. The summed E-state index contributed by atoms with van der Waals surface area (Å²) >= 11 is 0. The Morgan fingerprint density at radius 2 is 1.97 bits per heavy atom. The van der Waals surface area contributed by atoms with E-state index in [9.17, 15) is 14.4 Å². The predicted molar refractivity (Wildman–Crippen MR) is 116 cm³/mol. The normalized spacial score (nSPS) is 11.1. The Hall–Kier alpha value is -3.81. The van der Waals surface area contributed by atoms with Crippen LogP contribution in [0.25, 0.3) is 6.08 Å². The molecule has 1 aromatic carbocycles. The number of benzene rings is 1. The number of nitrogen functional groups attached to an aromatic ring is 1. The van der Waals surface area contributed by atoms with Crippen LogP contribution < -0.4 is 21.9 Å². The second-order valence-corrected chi connectivity index (χ2v) is 6.76. The molecular weight excluding hydrogens is 384 g/mol. The van der Waals surface area contributed by atoms with Gasteiger partial charge in [-0.1, -0.05) is 43.7 Å². The number of hydrogen-bond acceptors (Lipinski definition) is 5. The molecule has 8 nitrogen and oxygen atoms in total. The molecular formula is C22H24N4O4. The molecule has 3 N–H and O–H groups in total. The molecule has 8 heteroatoms. The van der Waals surface area contributed by atoms with E-state index in [1.165, 1.54) is 27.9 Å². The molecule has 0 radical (unpaired) electrons. The van der Waals surface area contributed by atoms with Crippen LogP contribution >= 0.6 is 0 Å². The van der Waals surface area contributed by atoms with Crippen LogP contribution in [0.2, 0.25) is 0 Å². The van der Waals surface area contributed by atoms with E-state index in [1.54, 1.807) is 12.1 Å². The Kier molecular flexibility index (Phi) is 6.69. The van der Waals surface area contributed by atoms with Crippen molar-refractivity contribution >= 4 is 23.5 Å². The van der Waals surface area contributed by atoms with Crippen LogP contribution in [-0.4, -0.2) is 15.5 Å². The van der Waals surface area contributed by atoms with Gasteiger partial charge in [0.2, 0.25) is 0 Å². The number of nitrogens with zero attached hydrogens (tertiary/aromatic N) is 2. The minimum atomic E-state index is -0.707. The van der Waals surface area contributed by atoms with Crippen LogP contribution in [0.4, 0.5) is 11.5 Å². The van der Waals surface area contributed by atoms with Crippen LogP contribution in [0.1, 0.15) is 31.1 Å². The van der Waals surface area contributed by atoms with Crippen molar-refractivity contribution in [3.8, 4) is 0 Å². The third kappa shape index (κ3) is 4.78. The highest BCUT2D eigenvalue weighted by Gasteiger charge is 2.23. The lowest BCUT2D eigenvalue weighted by molar-refractivity contribution is -0.114. The summed E-state index contributed by atoms with van der Waals surface area (Å²) in [6.45, 7) is 2.44. The maximum atomic E-state index is 13.1. The summed E-state index contributed by atoms with van der Waals surface area (Å²) < 4.78 is 6.51. The van der Waals surface area contributed by atoms with Gasteiger partial charge in [-0.3, -0.25) is 24.0 Å². The van der Waals surface area contributed by atoms with Gasteiger partial charge in [-0.15, -0.1) is 0 Å². The van der Waals surface area contributed by atoms with Gasteiger partial charge in [0.05, 0.1) is 12.8 Å². The Morgan fingerprint density at radius 3 is 2.63 bits per heavy atom. The van der Waals surface area contributed by atoms with Crippen LogP contribution in [0.15, 0.2) is 68.8 Å². The van der Waals surface area contributed by atoms with Crippen molar-refractivity contribution in [2.45, 2.75) is 32.9 Å². The second-order valence-electron chi connectivity index (χ2n) is 6.76. The molecule has 2 heterocycles. The fourth-order valence-corrected chi connectivity index (χ4v) is 3.04. The molecule has 3 rings (SSSR count).